The van der Waals surface area contributed by atoms with E-state index in [0.717, 1.165) is 23.1 Å². The first kappa shape index (κ1) is 13.7. The van der Waals surface area contributed by atoms with Crippen molar-refractivity contribution in [2.75, 3.05) is 12.8 Å². The molecule has 0 saturated heterocycles. The van der Waals surface area contributed by atoms with E-state index in [1.165, 1.54) is 57.9 Å². The van der Waals surface area contributed by atoms with Crippen molar-refractivity contribution < 1.29 is 0 Å². The number of hydrogen-bond donors (Lipinski definition) is 1. The zero-order valence-corrected chi connectivity index (χ0v) is 12.4. The van der Waals surface area contributed by atoms with Gasteiger partial charge in [0, 0.05) is 11.3 Å². The smallest absolute Gasteiger partial charge is 0.00679 e. The van der Waals surface area contributed by atoms with Crippen molar-refractivity contribution >= 4 is 11.8 Å². The summed E-state index contributed by atoms with van der Waals surface area (Å²) in [6, 6.07) is 0.831. The molecule has 1 N–H and O–H groups in total. The van der Waals surface area contributed by atoms with Crippen LogP contribution in [-0.4, -0.2) is 24.1 Å². The van der Waals surface area contributed by atoms with Crippen LogP contribution in [-0.2, 0) is 0 Å². The van der Waals surface area contributed by atoms with Crippen molar-refractivity contribution in [3.8, 4) is 0 Å². The Bertz CT molecular complexity index is 203. The van der Waals surface area contributed by atoms with Crippen LogP contribution in [0.4, 0.5) is 0 Å². The minimum atomic E-state index is 0.831. The maximum absolute atomic E-state index is 3.84. The summed E-state index contributed by atoms with van der Waals surface area (Å²) in [5.41, 5.74) is 0. The topological polar surface area (TPSA) is 12.0 Å². The van der Waals surface area contributed by atoms with Gasteiger partial charge in [-0.3, -0.25) is 0 Å². The Kier molecular flexibility index (Phi) is 5.68. The molecule has 0 heterocycles. The van der Waals surface area contributed by atoms with Gasteiger partial charge < -0.3 is 5.32 Å². The molecule has 2 fully saturated rings. The standard InChI is InChI=1S/C15H29NS/c1-12-3-5-13(6-4-12)11-16-14-7-9-15(17-2)10-8-14/h12-16H,3-11H2,1-2H3. The summed E-state index contributed by atoms with van der Waals surface area (Å²) in [5.74, 6) is 1.97. The fourth-order valence-corrected chi connectivity index (χ4v) is 4.11. The van der Waals surface area contributed by atoms with Crippen molar-refractivity contribution in [2.24, 2.45) is 11.8 Å². The molecule has 0 aromatic rings. The summed E-state index contributed by atoms with van der Waals surface area (Å²) in [4.78, 5) is 0. The van der Waals surface area contributed by atoms with Gasteiger partial charge in [-0.2, -0.15) is 11.8 Å². The summed E-state index contributed by atoms with van der Waals surface area (Å²) >= 11 is 2.07. The van der Waals surface area contributed by atoms with Crippen LogP contribution in [0.2, 0.25) is 0 Å². The summed E-state index contributed by atoms with van der Waals surface area (Å²) in [6.07, 6.45) is 13.8. The Morgan fingerprint density at radius 2 is 1.59 bits per heavy atom. The van der Waals surface area contributed by atoms with Gasteiger partial charge in [0.25, 0.3) is 0 Å². The number of rotatable bonds is 4. The molecule has 100 valence electrons. The highest BCUT2D eigenvalue weighted by atomic mass is 32.2. The van der Waals surface area contributed by atoms with Crippen LogP contribution >= 0.6 is 11.8 Å². The van der Waals surface area contributed by atoms with Gasteiger partial charge in [0.1, 0.15) is 0 Å². The van der Waals surface area contributed by atoms with Gasteiger partial charge in [-0.1, -0.05) is 19.8 Å². The third kappa shape index (κ3) is 4.48. The van der Waals surface area contributed by atoms with E-state index in [2.05, 4.69) is 30.3 Å². The predicted molar refractivity (Wildman–Crippen MR) is 78.7 cm³/mol. The van der Waals surface area contributed by atoms with Gasteiger partial charge in [0.2, 0.25) is 0 Å². The van der Waals surface area contributed by atoms with Gasteiger partial charge in [0.15, 0.2) is 0 Å². The third-order valence-corrected chi connectivity index (χ3v) is 5.98. The highest BCUT2D eigenvalue weighted by molar-refractivity contribution is 7.99. The molecule has 17 heavy (non-hydrogen) atoms. The number of hydrogen-bond acceptors (Lipinski definition) is 2. The SMILES string of the molecule is CSC1CCC(NCC2CCC(C)CC2)CC1. The summed E-state index contributed by atoms with van der Waals surface area (Å²) in [5, 5.41) is 4.79. The van der Waals surface area contributed by atoms with Crippen molar-refractivity contribution in [2.45, 2.75) is 69.6 Å². The highest BCUT2D eigenvalue weighted by Gasteiger charge is 2.22. The zero-order valence-electron chi connectivity index (χ0n) is 11.6. The average Bonchev–Trinajstić information content (AvgIpc) is 2.39. The molecule has 2 rings (SSSR count). The molecule has 0 aromatic carbocycles. The molecular weight excluding hydrogens is 226 g/mol. The first-order valence-corrected chi connectivity index (χ1v) is 8.83. The molecule has 0 radical (unpaired) electrons. The summed E-state index contributed by atoms with van der Waals surface area (Å²) < 4.78 is 0. The minimum Gasteiger partial charge on any atom is -0.314 e. The third-order valence-electron chi connectivity index (χ3n) is 4.84. The van der Waals surface area contributed by atoms with E-state index in [0.29, 0.717) is 0 Å². The quantitative estimate of drug-likeness (QED) is 0.812. The van der Waals surface area contributed by atoms with Crippen molar-refractivity contribution in [3.63, 3.8) is 0 Å². The predicted octanol–water partition coefficient (Wildman–Crippen LogP) is 4.08. The van der Waals surface area contributed by atoms with Crippen LogP contribution in [0.3, 0.4) is 0 Å². The molecule has 0 aliphatic heterocycles. The Hall–Kier alpha value is 0.310. The molecule has 2 saturated carbocycles. The maximum Gasteiger partial charge on any atom is 0.00679 e. The zero-order chi connectivity index (χ0) is 12.1. The largest absolute Gasteiger partial charge is 0.314 e. The van der Waals surface area contributed by atoms with Gasteiger partial charge in [-0.15, -0.1) is 0 Å². The van der Waals surface area contributed by atoms with Crippen LogP contribution in [0, 0.1) is 11.8 Å². The second kappa shape index (κ2) is 7.04. The lowest BCUT2D eigenvalue weighted by molar-refractivity contribution is 0.263. The molecule has 1 nitrogen and oxygen atoms in total. The lowest BCUT2D eigenvalue weighted by Crippen LogP contribution is -2.37. The molecule has 0 amide bonds. The van der Waals surface area contributed by atoms with E-state index in [1.807, 2.05) is 0 Å². The van der Waals surface area contributed by atoms with Crippen molar-refractivity contribution in [1.29, 1.82) is 0 Å². The van der Waals surface area contributed by atoms with E-state index >= 15 is 0 Å². The molecule has 0 aromatic heterocycles. The fraction of sp³-hybridized carbons (Fsp3) is 1.00. The molecule has 0 spiro atoms. The van der Waals surface area contributed by atoms with E-state index < -0.39 is 0 Å². The lowest BCUT2D eigenvalue weighted by atomic mass is 9.82. The van der Waals surface area contributed by atoms with E-state index in [-0.39, 0.29) is 0 Å². The highest BCUT2D eigenvalue weighted by Crippen LogP contribution is 2.29. The Balaban J connectivity index is 1.59. The van der Waals surface area contributed by atoms with Gasteiger partial charge in [0.05, 0.1) is 0 Å². The monoisotopic (exact) mass is 255 g/mol. The molecule has 2 aliphatic carbocycles. The van der Waals surface area contributed by atoms with Crippen LogP contribution < -0.4 is 5.32 Å². The number of thioether (sulfide) groups is 1. The van der Waals surface area contributed by atoms with Crippen LogP contribution in [0.1, 0.15) is 58.3 Å². The second-order valence-corrected chi connectivity index (χ2v) is 7.38. The number of nitrogens with one attached hydrogen (secondary N) is 1. The Morgan fingerprint density at radius 3 is 2.18 bits per heavy atom. The van der Waals surface area contributed by atoms with E-state index in [9.17, 15) is 0 Å². The second-order valence-electron chi connectivity index (χ2n) is 6.24. The minimum absolute atomic E-state index is 0.831. The van der Waals surface area contributed by atoms with E-state index in [4.69, 9.17) is 0 Å². The van der Waals surface area contributed by atoms with Crippen molar-refractivity contribution in [1.82, 2.24) is 5.32 Å². The molecule has 2 heteroatoms. The van der Waals surface area contributed by atoms with Gasteiger partial charge in [-0.05, 0) is 63.2 Å². The first-order valence-electron chi connectivity index (χ1n) is 7.54. The summed E-state index contributed by atoms with van der Waals surface area (Å²) in [7, 11) is 0. The Labute approximate surface area is 112 Å². The molecular formula is C15H29NS. The van der Waals surface area contributed by atoms with Gasteiger partial charge >= 0.3 is 0 Å². The van der Waals surface area contributed by atoms with Crippen LogP contribution in [0.15, 0.2) is 0 Å². The average molecular weight is 255 g/mol. The van der Waals surface area contributed by atoms with Crippen molar-refractivity contribution in [3.05, 3.63) is 0 Å². The van der Waals surface area contributed by atoms with E-state index in [1.54, 1.807) is 0 Å². The Morgan fingerprint density at radius 1 is 0.941 bits per heavy atom. The molecule has 2 aliphatic rings. The van der Waals surface area contributed by atoms with Crippen LogP contribution in [0.25, 0.3) is 0 Å². The van der Waals surface area contributed by atoms with Gasteiger partial charge in [-0.25, -0.2) is 0 Å². The summed E-state index contributed by atoms with van der Waals surface area (Å²) in [6.45, 7) is 3.70. The van der Waals surface area contributed by atoms with Crippen LogP contribution in [0.5, 0.6) is 0 Å². The molecule has 0 bridgehead atoms. The lowest BCUT2D eigenvalue weighted by Gasteiger charge is -2.31. The fourth-order valence-electron chi connectivity index (χ4n) is 3.37. The normalized spacial score (nSPS) is 39.2. The maximum atomic E-state index is 3.84. The first-order chi connectivity index (χ1) is 8.28. The molecule has 0 unspecified atom stereocenters. The molecule has 0 atom stereocenters.